The molecule has 2 aromatic carbocycles. The predicted octanol–water partition coefficient (Wildman–Crippen LogP) is 4.21. The Balaban J connectivity index is 1.96. The van der Waals surface area contributed by atoms with Crippen molar-refractivity contribution in [2.45, 2.75) is 12.9 Å². The summed E-state index contributed by atoms with van der Waals surface area (Å²) >= 11 is 11.7. The molecule has 0 saturated carbocycles. The highest BCUT2D eigenvalue weighted by Gasteiger charge is 2.09. The molecule has 20 heavy (non-hydrogen) atoms. The van der Waals surface area contributed by atoms with Crippen LogP contribution in [-0.4, -0.2) is 12.2 Å². The first kappa shape index (κ1) is 15.1. The van der Waals surface area contributed by atoms with Crippen molar-refractivity contribution in [3.05, 3.63) is 63.6 Å². The first-order valence-electron chi connectivity index (χ1n) is 5.97. The molecule has 0 amide bonds. The van der Waals surface area contributed by atoms with Crippen LogP contribution in [0.5, 0.6) is 5.75 Å². The van der Waals surface area contributed by atoms with Gasteiger partial charge in [-0.3, -0.25) is 0 Å². The minimum Gasteiger partial charge on any atom is -0.497 e. The molecule has 5 heteroatoms. The first-order chi connectivity index (χ1) is 9.60. The van der Waals surface area contributed by atoms with E-state index in [0.717, 1.165) is 11.3 Å². The number of aliphatic hydroxyl groups is 1. The summed E-state index contributed by atoms with van der Waals surface area (Å²) in [5, 5.41) is 10.9. The fourth-order valence-electron chi connectivity index (χ4n) is 1.67. The summed E-state index contributed by atoms with van der Waals surface area (Å²) in [5.41, 5.74) is 1.50. The number of ether oxygens (including phenoxy) is 2. The summed E-state index contributed by atoms with van der Waals surface area (Å²) in [6.07, 6.45) is -1.00. The largest absolute Gasteiger partial charge is 0.497 e. The Morgan fingerprint density at radius 1 is 1.05 bits per heavy atom. The molecule has 0 spiro atoms. The van der Waals surface area contributed by atoms with Gasteiger partial charge in [-0.2, -0.15) is 0 Å². The van der Waals surface area contributed by atoms with E-state index in [9.17, 15) is 5.11 Å². The minimum atomic E-state index is -1.00. The zero-order valence-electron chi connectivity index (χ0n) is 10.8. The molecule has 1 atom stereocenters. The van der Waals surface area contributed by atoms with Crippen LogP contribution in [0.2, 0.25) is 10.0 Å². The average molecular weight is 313 g/mol. The van der Waals surface area contributed by atoms with Crippen molar-refractivity contribution in [1.82, 2.24) is 0 Å². The fourth-order valence-corrected chi connectivity index (χ4v) is 1.99. The van der Waals surface area contributed by atoms with Crippen molar-refractivity contribution in [3.8, 4) is 5.75 Å². The summed E-state index contributed by atoms with van der Waals surface area (Å²) in [6.45, 7) is 0.240. The van der Waals surface area contributed by atoms with Gasteiger partial charge in [0.15, 0.2) is 6.29 Å². The van der Waals surface area contributed by atoms with Gasteiger partial charge in [0.25, 0.3) is 0 Å². The molecule has 0 fully saturated rings. The molecular formula is C15H14Cl2O3. The van der Waals surface area contributed by atoms with Gasteiger partial charge in [-0.25, -0.2) is 0 Å². The van der Waals surface area contributed by atoms with Gasteiger partial charge in [0, 0.05) is 5.56 Å². The molecule has 0 saturated heterocycles. The molecule has 0 aliphatic rings. The molecule has 0 heterocycles. The first-order valence-corrected chi connectivity index (χ1v) is 6.73. The fraction of sp³-hybridized carbons (Fsp3) is 0.200. The Labute approximate surface area is 127 Å². The average Bonchev–Trinajstić information content (AvgIpc) is 2.48. The standard InChI is InChI=1S/C15H14Cl2O3/c1-19-12-5-3-11(4-6-12)15(18)20-9-10-2-7-13(16)14(17)8-10/h2-8,15,18H,9H2,1H3. The molecule has 1 unspecified atom stereocenters. The monoisotopic (exact) mass is 312 g/mol. The van der Waals surface area contributed by atoms with E-state index in [0.29, 0.717) is 15.6 Å². The van der Waals surface area contributed by atoms with Gasteiger partial charge >= 0.3 is 0 Å². The zero-order valence-corrected chi connectivity index (χ0v) is 12.4. The van der Waals surface area contributed by atoms with Gasteiger partial charge in [-0.15, -0.1) is 0 Å². The molecular weight excluding hydrogens is 299 g/mol. The maximum absolute atomic E-state index is 9.95. The Bertz CT molecular complexity index is 570. The van der Waals surface area contributed by atoms with Crippen LogP contribution in [0.25, 0.3) is 0 Å². The maximum Gasteiger partial charge on any atom is 0.181 e. The summed E-state index contributed by atoms with van der Waals surface area (Å²) < 4.78 is 10.4. The lowest BCUT2D eigenvalue weighted by molar-refractivity contribution is -0.111. The molecule has 0 aromatic heterocycles. The molecule has 2 rings (SSSR count). The number of aliphatic hydroxyl groups excluding tert-OH is 1. The normalized spacial score (nSPS) is 12.2. The number of benzene rings is 2. The van der Waals surface area contributed by atoms with Crippen molar-refractivity contribution in [2.75, 3.05) is 7.11 Å². The Morgan fingerprint density at radius 3 is 2.35 bits per heavy atom. The Kier molecular flexibility index (Phi) is 5.26. The Hall–Kier alpha value is -1.26. The third-order valence-corrected chi connectivity index (χ3v) is 3.53. The highest BCUT2D eigenvalue weighted by Crippen LogP contribution is 2.24. The van der Waals surface area contributed by atoms with E-state index in [2.05, 4.69) is 0 Å². The zero-order chi connectivity index (χ0) is 14.5. The van der Waals surface area contributed by atoms with Gasteiger partial charge in [-0.05, 0) is 29.8 Å². The van der Waals surface area contributed by atoms with Crippen LogP contribution in [0.4, 0.5) is 0 Å². The van der Waals surface area contributed by atoms with Crippen molar-refractivity contribution in [2.24, 2.45) is 0 Å². The lowest BCUT2D eigenvalue weighted by Crippen LogP contribution is -2.03. The van der Waals surface area contributed by atoms with Crippen molar-refractivity contribution >= 4 is 23.2 Å². The number of hydrogen-bond donors (Lipinski definition) is 1. The SMILES string of the molecule is COc1ccc(C(O)OCc2ccc(Cl)c(Cl)c2)cc1. The number of rotatable bonds is 5. The number of halogens is 2. The molecule has 2 aromatic rings. The van der Waals surface area contributed by atoms with Gasteiger partial charge in [-0.1, -0.05) is 41.4 Å². The second kappa shape index (κ2) is 6.95. The highest BCUT2D eigenvalue weighted by atomic mass is 35.5. The van der Waals surface area contributed by atoms with Gasteiger partial charge in [0.05, 0.1) is 23.8 Å². The van der Waals surface area contributed by atoms with Crippen LogP contribution >= 0.6 is 23.2 Å². The Morgan fingerprint density at radius 2 is 1.75 bits per heavy atom. The molecule has 1 N–H and O–H groups in total. The van der Waals surface area contributed by atoms with E-state index >= 15 is 0 Å². The molecule has 106 valence electrons. The van der Waals surface area contributed by atoms with Crippen molar-refractivity contribution in [3.63, 3.8) is 0 Å². The van der Waals surface area contributed by atoms with Gasteiger partial charge < -0.3 is 14.6 Å². The second-order valence-electron chi connectivity index (χ2n) is 4.18. The van der Waals surface area contributed by atoms with E-state index in [1.54, 1.807) is 49.6 Å². The van der Waals surface area contributed by atoms with E-state index in [1.807, 2.05) is 0 Å². The van der Waals surface area contributed by atoms with Crippen LogP contribution in [-0.2, 0) is 11.3 Å². The molecule has 0 bridgehead atoms. The van der Waals surface area contributed by atoms with E-state index in [4.69, 9.17) is 32.7 Å². The van der Waals surface area contributed by atoms with Crippen molar-refractivity contribution < 1.29 is 14.6 Å². The van der Waals surface area contributed by atoms with Crippen LogP contribution in [0, 0.1) is 0 Å². The smallest absolute Gasteiger partial charge is 0.181 e. The summed E-state index contributed by atoms with van der Waals surface area (Å²) in [5.74, 6) is 0.727. The van der Waals surface area contributed by atoms with Gasteiger partial charge in [0.1, 0.15) is 5.75 Å². The predicted molar refractivity (Wildman–Crippen MR) is 79.2 cm³/mol. The highest BCUT2D eigenvalue weighted by molar-refractivity contribution is 6.42. The topological polar surface area (TPSA) is 38.7 Å². The summed E-state index contributed by atoms with van der Waals surface area (Å²) in [6, 6.07) is 12.2. The van der Waals surface area contributed by atoms with Crippen LogP contribution in [0.15, 0.2) is 42.5 Å². The van der Waals surface area contributed by atoms with E-state index in [1.165, 1.54) is 0 Å². The van der Waals surface area contributed by atoms with E-state index in [-0.39, 0.29) is 6.61 Å². The lowest BCUT2D eigenvalue weighted by atomic mass is 10.2. The van der Waals surface area contributed by atoms with Crippen molar-refractivity contribution in [1.29, 1.82) is 0 Å². The third kappa shape index (κ3) is 3.87. The van der Waals surface area contributed by atoms with Gasteiger partial charge in [0.2, 0.25) is 0 Å². The number of hydrogen-bond acceptors (Lipinski definition) is 3. The minimum absolute atomic E-state index is 0.240. The second-order valence-corrected chi connectivity index (χ2v) is 5.00. The lowest BCUT2D eigenvalue weighted by Gasteiger charge is -2.13. The molecule has 0 aliphatic carbocycles. The molecule has 0 radical (unpaired) electrons. The van der Waals surface area contributed by atoms with Crippen LogP contribution in [0.1, 0.15) is 17.4 Å². The molecule has 3 nitrogen and oxygen atoms in total. The quantitative estimate of drug-likeness (QED) is 0.840. The molecule has 0 aliphatic heterocycles. The van der Waals surface area contributed by atoms with E-state index < -0.39 is 6.29 Å². The number of methoxy groups -OCH3 is 1. The van der Waals surface area contributed by atoms with Crippen LogP contribution < -0.4 is 4.74 Å². The third-order valence-electron chi connectivity index (χ3n) is 2.79. The summed E-state index contributed by atoms with van der Waals surface area (Å²) in [7, 11) is 1.59. The van der Waals surface area contributed by atoms with Crippen LogP contribution in [0.3, 0.4) is 0 Å². The maximum atomic E-state index is 9.95. The summed E-state index contributed by atoms with van der Waals surface area (Å²) in [4.78, 5) is 0.